The van der Waals surface area contributed by atoms with Crippen LogP contribution in [0.4, 0.5) is 8.78 Å². The highest BCUT2D eigenvalue weighted by Gasteiger charge is 2.58. The number of hydrogen-bond donors (Lipinski definition) is 0. The fourth-order valence-electron chi connectivity index (χ4n) is 1.99. The third-order valence-electron chi connectivity index (χ3n) is 3.65. The second-order valence-electron chi connectivity index (χ2n) is 6.85. The van der Waals surface area contributed by atoms with Crippen LogP contribution in [0.2, 0.25) is 0 Å². The number of halogens is 2. The second-order valence-corrected chi connectivity index (χ2v) is 6.85. The van der Waals surface area contributed by atoms with E-state index in [1.54, 1.807) is 0 Å². The van der Waals surface area contributed by atoms with Gasteiger partial charge in [-0.15, -0.1) is 0 Å². The summed E-state index contributed by atoms with van der Waals surface area (Å²) in [4.78, 5) is 11.4. The zero-order chi connectivity index (χ0) is 18.5. The number of esters is 1. The lowest BCUT2D eigenvalue weighted by Crippen LogP contribution is -2.53. The predicted octanol–water partition coefficient (Wildman–Crippen LogP) is 3.97. The molecule has 0 aliphatic carbocycles. The van der Waals surface area contributed by atoms with E-state index in [1.807, 2.05) is 0 Å². The Balaban J connectivity index is 5.05. The molecule has 0 aromatic carbocycles. The molecule has 0 fully saturated rings. The maximum absolute atomic E-state index is 14.9. The predicted molar refractivity (Wildman–Crippen MR) is 85.2 cm³/mol. The van der Waals surface area contributed by atoms with E-state index in [-0.39, 0.29) is 12.2 Å². The Bertz CT molecular complexity index is 442. The third kappa shape index (κ3) is 5.39. The molecule has 0 rings (SSSR count). The van der Waals surface area contributed by atoms with Crippen molar-refractivity contribution in [1.29, 1.82) is 0 Å². The summed E-state index contributed by atoms with van der Waals surface area (Å²) in [7, 11) is 1.40. The molecule has 0 radical (unpaired) electrons. The molecule has 0 bridgehead atoms. The van der Waals surface area contributed by atoms with Gasteiger partial charge in [0.05, 0.1) is 17.4 Å². The second kappa shape index (κ2) is 8.02. The summed E-state index contributed by atoms with van der Waals surface area (Å²) in [6.07, 6.45) is 0.628. The summed E-state index contributed by atoms with van der Waals surface area (Å²) in [6.45, 7) is 13.2. The van der Waals surface area contributed by atoms with Gasteiger partial charge < -0.3 is 14.2 Å². The lowest BCUT2D eigenvalue weighted by Gasteiger charge is -2.43. The molecule has 0 saturated carbocycles. The van der Waals surface area contributed by atoms with Crippen molar-refractivity contribution < 1.29 is 27.8 Å². The fraction of sp³-hybridized carbons (Fsp3) is 0.706. The van der Waals surface area contributed by atoms with Gasteiger partial charge in [-0.25, -0.2) is 13.6 Å². The Hall–Kier alpha value is -1.27. The van der Waals surface area contributed by atoms with Gasteiger partial charge in [0.2, 0.25) is 0 Å². The highest BCUT2D eigenvalue weighted by atomic mass is 19.3. The zero-order valence-corrected chi connectivity index (χ0v) is 14.9. The van der Waals surface area contributed by atoms with Crippen LogP contribution in [-0.2, 0) is 19.0 Å². The first-order valence-electron chi connectivity index (χ1n) is 7.30. The molecule has 0 aliphatic rings. The van der Waals surface area contributed by atoms with Crippen LogP contribution in [0.25, 0.3) is 0 Å². The van der Waals surface area contributed by atoms with Gasteiger partial charge in [-0.2, -0.15) is 0 Å². The lowest BCUT2D eigenvalue weighted by molar-refractivity contribution is -0.231. The maximum atomic E-state index is 14.9. The third-order valence-corrected chi connectivity index (χ3v) is 3.65. The van der Waals surface area contributed by atoms with E-state index in [0.717, 1.165) is 0 Å². The molecular weight excluding hydrogens is 306 g/mol. The van der Waals surface area contributed by atoms with Gasteiger partial charge in [-0.1, -0.05) is 40.9 Å². The molecule has 0 amide bonds. The number of hydrogen-bond acceptors (Lipinski definition) is 4. The minimum absolute atomic E-state index is 0.167. The molecule has 0 saturated heterocycles. The maximum Gasteiger partial charge on any atom is 0.333 e. The number of ether oxygens (including phenoxy) is 3. The average Bonchev–Trinajstić information content (AvgIpc) is 2.45. The molecule has 0 aromatic rings. The number of rotatable bonds is 10. The molecule has 1 unspecified atom stereocenters. The van der Waals surface area contributed by atoms with Gasteiger partial charge in [0.25, 0.3) is 5.92 Å². The smallest absolute Gasteiger partial charge is 0.333 e. The molecule has 134 valence electrons. The molecule has 0 aliphatic heterocycles. The minimum atomic E-state index is -3.17. The Morgan fingerprint density at radius 3 is 2.04 bits per heavy atom. The van der Waals surface area contributed by atoms with Crippen molar-refractivity contribution in [1.82, 2.24) is 0 Å². The van der Waals surface area contributed by atoms with Gasteiger partial charge in [0.1, 0.15) is 6.61 Å². The number of carbonyl (C=O) groups is 1. The highest BCUT2D eigenvalue weighted by molar-refractivity contribution is 5.86. The zero-order valence-electron chi connectivity index (χ0n) is 14.9. The van der Waals surface area contributed by atoms with Crippen LogP contribution in [0.3, 0.4) is 0 Å². The first-order chi connectivity index (χ1) is 10.3. The molecule has 0 N–H and O–H groups in total. The van der Waals surface area contributed by atoms with Crippen molar-refractivity contribution >= 4 is 5.97 Å². The number of carbonyl (C=O) groups excluding carboxylic acids is 1. The van der Waals surface area contributed by atoms with Crippen LogP contribution in [0.5, 0.6) is 0 Å². The molecule has 4 nitrogen and oxygen atoms in total. The fourth-order valence-corrected chi connectivity index (χ4v) is 1.99. The van der Waals surface area contributed by atoms with E-state index < -0.39 is 35.6 Å². The Labute approximate surface area is 137 Å². The molecule has 6 heteroatoms. The Morgan fingerprint density at radius 1 is 1.17 bits per heavy atom. The number of alkyl halides is 2. The monoisotopic (exact) mass is 334 g/mol. The molecule has 0 heterocycles. The molecule has 0 aromatic heterocycles. The van der Waals surface area contributed by atoms with Gasteiger partial charge in [-0.05, 0) is 13.0 Å². The van der Waals surface area contributed by atoms with Crippen molar-refractivity contribution in [2.45, 2.75) is 46.8 Å². The normalized spacial score (nSPS) is 14.3. The Morgan fingerprint density at radius 2 is 1.65 bits per heavy atom. The minimum Gasteiger partial charge on any atom is -0.462 e. The molecular formula is C17H28F2O4. The van der Waals surface area contributed by atoms with E-state index in [0.29, 0.717) is 0 Å². The topological polar surface area (TPSA) is 44.8 Å². The van der Waals surface area contributed by atoms with Crippen molar-refractivity contribution in [3.8, 4) is 0 Å². The van der Waals surface area contributed by atoms with Crippen molar-refractivity contribution in [3.63, 3.8) is 0 Å². The van der Waals surface area contributed by atoms with Crippen LogP contribution in [0.15, 0.2) is 24.8 Å². The summed E-state index contributed by atoms with van der Waals surface area (Å²) >= 11 is 0. The first kappa shape index (κ1) is 21.7. The van der Waals surface area contributed by atoms with Crippen LogP contribution in [-0.4, -0.2) is 38.5 Å². The van der Waals surface area contributed by atoms with Crippen LogP contribution in [0, 0.1) is 10.8 Å². The standard InChI is InChI=1S/C17H28F2O4/c1-9-13(21-8)22-10-15(4,5)17(18,19)16(6,7)11-23-14(20)12(2)3/h9,13H,1-2,10-11H2,3-8H3. The number of methoxy groups -OCH3 is 1. The highest BCUT2D eigenvalue weighted by Crippen LogP contribution is 2.49. The summed E-state index contributed by atoms with van der Waals surface area (Å²) in [5.74, 6) is -3.86. The van der Waals surface area contributed by atoms with Crippen molar-refractivity contribution in [2.24, 2.45) is 10.8 Å². The SMILES string of the molecule is C=CC(OC)OCC(C)(C)C(F)(F)C(C)(C)COC(=O)C(=C)C. The average molecular weight is 334 g/mol. The van der Waals surface area contributed by atoms with Gasteiger partial charge in [0, 0.05) is 12.7 Å². The van der Waals surface area contributed by atoms with Crippen LogP contribution in [0.1, 0.15) is 34.6 Å². The molecule has 1 atom stereocenters. The van der Waals surface area contributed by atoms with Gasteiger partial charge in [0.15, 0.2) is 6.29 Å². The molecule has 23 heavy (non-hydrogen) atoms. The van der Waals surface area contributed by atoms with Gasteiger partial charge in [-0.3, -0.25) is 0 Å². The summed E-state index contributed by atoms with van der Waals surface area (Å²) in [6, 6.07) is 0. The lowest BCUT2D eigenvalue weighted by atomic mass is 9.71. The van der Waals surface area contributed by atoms with E-state index in [9.17, 15) is 13.6 Å². The summed E-state index contributed by atoms with van der Waals surface area (Å²) in [5, 5.41) is 0. The van der Waals surface area contributed by atoms with E-state index in [2.05, 4.69) is 13.2 Å². The quantitative estimate of drug-likeness (QED) is 0.262. The van der Waals surface area contributed by atoms with E-state index in [4.69, 9.17) is 14.2 Å². The first-order valence-corrected chi connectivity index (χ1v) is 7.30. The van der Waals surface area contributed by atoms with Crippen LogP contribution < -0.4 is 0 Å². The van der Waals surface area contributed by atoms with Crippen molar-refractivity contribution in [3.05, 3.63) is 24.8 Å². The van der Waals surface area contributed by atoms with Crippen molar-refractivity contribution in [2.75, 3.05) is 20.3 Å². The molecule has 0 spiro atoms. The van der Waals surface area contributed by atoms with E-state index >= 15 is 0 Å². The summed E-state index contributed by atoms with van der Waals surface area (Å²) < 4.78 is 45.0. The summed E-state index contributed by atoms with van der Waals surface area (Å²) in [5.41, 5.74) is -2.92. The van der Waals surface area contributed by atoms with Gasteiger partial charge >= 0.3 is 5.97 Å². The van der Waals surface area contributed by atoms with Crippen LogP contribution >= 0.6 is 0 Å². The largest absolute Gasteiger partial charge is 0.462 e. The van der Waals surface area contributed by atoms with E-state index in [1.165, 1.54) is 47.8 Å². The Kier molecular flexibility index (Phi) is 7.57.